The molecule has 1 aromatic carbocycles. The van der Waals surface area contributed by atoms with Crippen LogP contribution in [0.15, 0.2) is 34.5 Å². The monoisotopic (exact) mass is 326 g/mol. The van der Waals surface area contributed by atoms with Gasteiger partial charge in [-0.2, -0.15) is 4.31 Å². The third-order valence-electron chi connectivity index (χ3n) is 3.95. The van der Waals surface area contributed by atoms with E-state index < -0.39 is 16.1 Å². The molecular formula is C14H18N2O3S2. The lowest BCUT2D eigenvalue weighted by atomic mass is 10.2. The van der Waals surface area contributed by atoms with Crippen LogP contribution in [0.4, 0.5) is 0 Å². The summed E-state index contributed by atoms with van der Waals surface area (Å²) in [5.41, 5.74) is 0. The largest absolute Gasteiger partial charge is 0.390 e. The van der Waals surface area contributed by atoms with Crippen molar-refractivity contribution in [1.82, 2.24) is 9.21 Å². The molecule has 0 radical (unpaired) electrons. The Morgan fingerprint density at radius 1 is 1.29 bits per heavy atom. The number of fused-ring (bicyclic) bond motifs is 1. The highest BCUT2D eigenvalue weighted by atomic mass is 32.2. The summed E-state index contributed by atoms with van der Waals surface area (Å²) < 4.78 is 28.0. The van der Waals surface area contributed by atoms with Crippen LogP contribution in [0.25, 0.3) is 10.1 Å². The van der Waals surface area contributed by atoms with E-state index in [9.17, 15) is 13.5 Å². The molecule has 0 aliphatic carbocycles. The van der Waals surface area contributed by atoms with Crippen molar-refractivity contribution >= 4 is 31.4 Å². The first-order valence-electron chi connectivity index (χ1n) is 6.72. The van der Waals surface area contributed by atoms with Gasteiger partial charge in [-0.1, -0.05) is 18.2 Å². The van der Waals surface area contributed by atoms with Crippen LogP contribution in [-0.2, 0) is 10.0 Å². The van der Waals surface area contributed by atoms with Crippen LogP contribution in [0.3, 0.4) is 0 Å². The average molecular weight is 326 g/mol. The zero-order chi connectivity index (χ0) is 15.2. The van der Waals surface area contributed by atoms with Crippen LogP contribution < -0.4 is 0 Å². The van der Waals surface area contributed by atoms with Gasteiger partial charge in [0.1, 0.15) is 4.90 Å². The van der Waals surface area contributed by atoms with Gasteiger partial charge in [-0.15, -0.1) is 11.3 Å². The number of aliphatic hydroxyl groups is 1. The van der Waals surface area contributed by atoms with Gasteiger partial charge in [0.15, 0.2) is 0 Å². The second-order valence-corrected chi connectivity index (χ2v) is 8.33. The standard InChI is InChI=1S/C14H18N2O3S2/c1-15(2)11-7-16(8-12(11)17)21(18,19)14-9-20-13-6-4-3-5-10(13)14/h3-6,9,11-12,17H,7-8H2,1-2H3/t11-,12-/m0/s1. The van der Waals surface area contributed by atoms with Crippen molar-refractivity contribution in [3.63, 3.8) is 0 Å². The van der Waals surface area contributed by atoms with Crippen molar-refractivity contribution < 1.29 is 13.5 Å². The Hall–Kier alpha value is -0.990. The van der Waals surface area contributed by atoms with Crippen LogP contribution in [0.2, 0.25) is 0 Å². The fourth-order valence-corrected chi connectivity index (χ4v) is 5.68. The molecule has 0 spiro atoms. The quantitative estimate of drug-likeness (QED) is 0.921. The molecule has 0 saturated carbocycles. The summed E-state index contributed by atoms with van der Waals surface area (Å²) in [5, 5.41) is 12.5. The number of nitrogens with zero attached hydrogens (tertiary/aromatic N) is 2. The minimum atomic E-state index is -3.56. The van der Waals surface area contributed by atoms with Gasteiger partial charge < -0.3 is 10.0 Å². The molecule has 5 nitrogen and oxygen atoms in total. The van der Waals surface area contributed by atoms with Gasteiger partial charge in [0, 0.05) is 28.6 Å². The summed E-state index contributed by atoms with van der Waals surface area (Å²) in [6.07, 6.45) is -0.653. The Labute approximate surface area is 128 Å². The zero-order valence-electron chi connectivity index (χ0n) is 11.9. The second-order valence-electron chi connectivity index (χ2n) is 5.52. The Morgan fingerprint density at radius 2 is 2.00 bits per heavy atom. The molecular weight excluding hydrogens is 308 g/mol. The Balaban J connectivity index is 1.98. The second kappa shape index (κ2) is 5.33. The van der Waals surface area contributed by atoms with Gasteiger partial charge in [-0.25, -0.2) is 8.42 Å². The van der Waals surface area contributed by atoms with E-state index in [-0.39, 0.29) is 12.6 Å². The number of sulfonamides is 1. The van der Waals surface area contributed by atoms with Crippen molar-refractivity contribution in [2.45, 2.75) is 17.0 Å². The lowest BCUT2D eigenvalue weighted by Gasteiger charge is -2.21. The molecule has 2 aromatic rings. The fourth-order valence-electron chi connectivity index (χ4n) is 2.73. The van der Waals surface area contributed by atoms with E-state index in [0.29, 0.717) is 11.4 Å². The Bertz CT molecular complexity index is 754. The lowest BCUT2D eigenvalue weighted by Crippen LogP contribution is -2.38. The van der Waals surface area contributed by atoms with E-state index in [1.807, 2.05) is 43.3 Å². The van der Waals surface area contributed by atoms with Crippen molar-refractivity contribution in [2.24, 2.45) is 0 Å². The number of likely N-dealkylation sites (N-methyl/N-ethyl adjacent to an activating group) is 1. The molecule has 3 rings (SSSR count). The number of hydrogen-bond acceptors (Lipinski definition) is 5. The van der Waals surface area contributed by atoms with E-state index in [2.05, 4.69) is 0 Å². The van der Waals surface area contributed by atoms with Crippen molar-refractivity contribution in [2.75, 3.05) is 27.2 Å². The number of benzene rings is 1. The zero-order valence-corrected chi connectivity index (χ0v) is 13.6. The van der Waals surface area contributed by atoms with Gasteiger partial charge in [-0.05, 0) is 20.2 Å². The van der Waals surface area contributed by atoms with Crippen LogP contribution in [0, 0.1) is 0 Å². The fraction of sp³-hybridized carbons (Fsp3) is 0.429. The molecule has 2 atom stereocenters. The van der Waals surface area contributed by atoms with Crippen LogP contribution in [0.1, 0.15) is 0 Å². The number of β-amino-alcohol motifs (C(OH)–C–C–N with tert-alkyl or cyclic N) is 1. The first-order chi connectivity index (χ1) is 9.91. The lowest BCUT2D eigenvalue weighted by molar-refractivity contribution is 0.113. The summed E-state index contributed by atoms with van der Waals surface area (Å²) in [6, 6.07) is 7.33. The summed E-state index contributed by atoms with van der Waals surface area (Å²) >= 11 is 1.43. The molecule has 0 amide bonds. The molecule has 0 unspecified atom stereocenters. The van der Waals surface area contributed by atoms with E-state index >= 15 is 0 Å². The van der Waals surface area contributed by atoms with E-state index in [1.54, 1.807) is 5.38 Å². The first-order valence-corrected chi connectivity index (χ1v) is 9.04. The predicted molar refractivity (Wildman–Crippen MR) is 84.1 cm³/mol. The molecule has 114 valence electrons. The minimum Gasteiger partial charge on any atom is -0.390 e. The third-order valence-corrected chi connectivity index (χ3v) is 6.94. The highest BCUT2D eigenvalue weighted by Gasteiger charge is 2.40. The van der Waals surface area contributed by atoms with E-state index in [0.717, 1.165) is 10.1 Å². The average Bonchev–Trinajstić information content (AvgIpc) is 3.02. The molecule has 1 saturated heterocycles. The summed E-state index contributed by atoms with van der Waals surface area (Å²) in [4.78, 5) is 2.21. The number of thiophene rings is 1. The summed E-state index contributed by atoms with van der Waals surface area (Å²) in [7, 11) is 0.138. The van der Waals surface area contributed by atoms with E-state index in [4.69, 9.17) is 0 Å². The van der Waals surface area contributed by atoms with Gasteiger partial charge >= 0.3 is 0 Å². The molecule has 1 fully saturated rings. The Kier molecular flexibility index (Phi) is 3.79. The molecule has 7 heteroatoms. The molecule has 1 N–H and O–H groups in total. The SMILES string of the molecule is CN(C)[C@H]1CN(S(=O)(=O)c2csc3ccccc23)C[C@@H]1O. The van der Waals surface area contributed by atoms with Crippen molar-refractivity contribution in [3.05, 3.63) is 29.6 Å². The van der Waals surface area contributed by atoms with Gasteiger partial charge in [-0.3, -0.25) is 0 Å². The smallest absolute Gasteiger partial charge is 0.244 e. The van der Waals surface area contributed by atoms with Crippen LogP contribution >= 0.6 is 11.3 Å². The van der Waals surface area contributed by atoms with Gasteiger partial charge in [0.05, 0.1) is 12.1 Å². The molecule has 1 aliphatic heterocycles. The molecule has 0 bridgehead atoms. The first kappa shape index (κ1) is 14.9. The normalized spacial score (nSPS) is 24.2. The third kappa shape index (κ3) is 2.49. The van der Waals surface area contributed by atoms with Crippen LogP contribution in [0.5, 0.6) is 0 Å². The van der Waals surface area contributed by atoms with E-state index in [1.165, 1.54) is 15.6 Å². The topological polar surface area (TPSA) is 60.9 Å². The summed E-state index contributed by atoms with van der Waals surface area (Å²) in [6.45, 7) is 0.468. The Morgan fingerprint density at radius 3 is 2.67 bits per heavy atom. The van der Waals surface area contributed by atoms with Gasteiger partial charge in [0.2, 0.25) is 10.0 Å². The van der Waals surface area contributed by atoms with Crippen molar-refractivity contribution in [1.29, 1.82) is 0 Å². The number of hydrogen-bond donors (Lipinski definition) is 1. The molecule has 21 heavy (non-hydrogen) atoms. The predicted octanol–water partition coefficient (Wildman–Crippen LogP) is 1.20. The molecule has 1 aliphatic rings. The maximum atomic E-state index is 12.8. The minimum absolute atomic E-state index is 0.148. The van der Waals surface area contributed by atoms with Crippen molar-refractivity contribution in [3.8, 4) is 0 Å². The molecule has 2 heterocycles. The van der Waals surface area contributed by atoms with Crippen LogP contribution in [-0.4, -0.2) is 62.1 Å². The molecule has 1 aromatic heterocycles. The summed E-state index contributed by atoms with van der Waals surface area (Å²) in [5.74, 6) is 0. The highest BCUT2D eigenvalue weighted by Crippen LogP contribution is 2.32. The maximum absolute atomic E-state index is 12.8. The number of rotatable bonds is 3. The van der Waals surface area contributed by atoms with Gasteiger partial charge in [0.25, 0.3) is 0 Å². The number of aliphatic hydroxyl groups excluding tert-OH is 1. The maximum Gasteiger partial charge on any atom is 0.244 e. The highest BCUT2D eigenvalue weighted by molar-refractivity contribution is 7.89.